The smallest absolute Gasteiger partial charge is 0.236 e. The highest BCUT2D eigenvalue weighted by atomic mass is 35.5. The third-order valence-electron chi connectivity index (χ3n) is 6.16. The minimum absolute atomic E-state index is 0.0366. The van der Waals surface area contributed by atoms with E-state index in [-0.39, 0.29) is 17.7 Å². The van der Waals surface area contributed by atoms with Crippen molar-refractivity contribution in [1.29, 1.82) is 0 Å². The van der Waals surface area contributed by atoms with Crippen LogP contribution in [0.4, 0.5) is 11.4 Å². The fourth-order valence-corrected chi connectivity index (χ4v) is 4.47. The van der Waals surface area contributed by atoms with E-state index in [9.17, 15) is 9.59 Å². The van der Waals surface area contributed by atoms with Crippen molar-refractivity contribution in [3.05, 3.63) is 59.6 Å². The van der Waals surface area contributed by atoms with Gasteiger partial charge >= 0.3 is 0 Å². The lowest BCUT2D eigenvalue weighted by Crippen LogP contribution is -2.51. The molecular formula is C24H29ClN4O2. The summed E-state index contributed by atoms with van der Waals surface area (Å²) in [4.78, 5) is 31.7. The van der Waals surface area contributed by atoms with Gasteiger partial charge in [-0.15, -0.1) is 0 Å². The number of piperazine rings is 1. The average Bonchev–Trinajstić information content (AvgIpc) is 2.80. The lowest BCUT2D eigenvalue weighted by molar-refractivity contribution is -0.135. The van der Waals surface area contributed by atoms with E-state index in [1.165, 1.54) is 0 Å². The standard InChI is InChI=1S/C24H29ClN4O2/c25-20-5-4-8-22(17-20)28-15-13-27(14-16-28)18-23(30)29-11-9-19(10-12-29)24(31)26-21-6-2-1-3-7-21/h1-8,17,19H,9-16,18H2,(H,26,31). The molecule has 0 aromatic heterocycles. The molecule has 0 atom stereocenters. The average molecular weight is 441 g/mol. The summed E-state index contributed by atoms with van der Waals surface area (Å²) >= 11 is 6.11. The number of piperidine rings is 1. The molecule has 0 bridgehead atoms. The first-order chi connectivity index (χ1) is 15.1. The van der Waals surface area contributed by atoms with Crippen LogP contribution in [-0.2, 0) is 9.59 Å². The van der Waals surface area contributed by atoms with Gasteiger partial charge in [-0.25, -0.2) is 0 Å². The monoisotopic (exact) mass is 440 g/mol. The number of benzene rings is 2. The lowest BCUT2D eigenvalue weighted by atomic mass is 9.95. The molecule has 2 aliphatic rings. The Kier molecular flexibility index (Phi) is 7.10. The summed E-state index contributed by atoms with van der Waals surface area (Å²) in [5.74, 6) is 0.180. The van der Waals surface area contributed by atoms with Crippen molar-refractivity contribution in [3.8, 4) is 0 Å². The molecule has 4 rings (SSSR count). The van der Waals surface area contributed by atoms with E-state index in [4.69, 9.17) is 11.6 Å². The summed E-state index contributed by atoms with van der Waals surface area (Å²) in [6, 6.07) is 17.4. The molecule has 2 saturated heterocycles. The highest BCUT2D eigenvalue weighted by Gasteiger charge is 2.28. The summed E-state index contributed by atoms with van der Waals surface area (Å²) < 4.78 is 0. The van der Waals surface area contributed by atoms with Gasteiger partial charge in [0.2, 0.25) is 11.8 Å². The van der Waals surface area contributed by atoms with Crippen molar-refractivity contribution in [1.82, 2.24) is 9.80 Å². The molecule has 2 aliphatic heterocycles. The van der Waals surface area contributed by atoms with Crippen LogP contribution in [0, 0.1) is 5.92 Å². The van der Waals surface area contributed by atoms with Crippen molar-refractivity contribution in [3.63, 3.8) is 0 Å². The van der Waals surface area contributed by atoms with Gasteiger partial charge in [0.05, 0.1) is 6.54 Å². The molecule has 1 N–H and O–H groups in total. The minimum atomic E-state index is -0.0366. The van der Waals surface area contributed by atoms with E-state index in [0.29, 0.717) is 32.5 Å². The molecule has 0 spiro atoms. The Balaban J connectivity index is 1.19. The Morgan fingerprint density at radius 3 is 2.29 bits per heavy atom. The van der Waals surface area contributed by atoms with Gasteiger partial charge in [0.15, 0.2) is 0 Å². The fraction of sp³-hybridized carbons (Fsp3) is 0.417. The summed E-state index contributed by atoms with van der Waals surface area (Å²) in [5.41, 5.74) is 1.96. The largest absolute Gasteiger partial charge is 0.369 e. The van der Waals surface area contributed by atoms with Crippen LogP contribution in [0.3, 0.4) is 0 Å². The van der Waals surface area contributed by atoms with Gasteiger partial charge in [0.25, 0.3) is 0 Å². The van der Waals surface area contributed by atoms with Crippen LogP contribution < -0.4 is 10.2 Å². The van der Waals surface area contributed by atoms with Crippen molar-refractivity contribution in [2.45, 2.75) is 12.8 Å². The second-order valence-corrected chi connectivity index (χ2v) is 8.69. The van der Waals surface area contributed by atoms with Crippen molar-refractivity contribution in [2.24, 2.45) is 5.92 Å². The summed E-state index contributed by atoms with van der Waals surface area (Å²) in [7, 11) is 0. The summed E-state index contributed by atoms with van der Waals surface area (Å²) in [6.45, 7) is 5.22. The van der Waals surface area contributed by atoms with Gasteiger partial charge in [-0.3, -0.25) is 14.5 Å². The molecule has 7 heteroatoms. The number of nitrogens with one attached hydrogen (secondary N) is 1. The molecule has 0 saturated carbocycles. The van der Waals surface area contributed by atoms with Crippen LogP contribution in [-0.4, -0.2) is 67.4 Å². The first-order valence-corrected chi connectivity index (χ1v) is 11.3. The maximum Gasteiger partial charge on any atom is 0.236 e. The first-order valence-electron chi connectivity index (χ1n) is 10.9. The van der Waals surface area contributed by atoms with Crippen molar-refractivity contribution in [2.75, 3.05) is 56.0 Å². The Labute approximate surface area is 188 Å². The number of hydrogen-bond donors (Lipinski definition) is 1. The molecule has 0 unspecified atom stereocenters. The van der Waals surface area contributed by atoms with Crippen LogP contribution in [0.5, 0.6) is 0 Å². The van der Waals surface area contributed by atoms with E-state index in [1.807, 2.05) is 53.4 Å². The Hall–Kier alpha value is -2.57. The number of rotatable bonds is 5. The number of amides is 2. The first kappa shape index (κ1) is 21.7. The Morgan fingerprint density at radius 2 is 1.61 bits per heavy atom. The van der Waals surface area contributed by atoms with Crippen molar-refractivity contribution >= 4 is 34.8 Å². The van der Waals surface area contributed by atoms with Crippen LogP contribution >= 0.6 is 11.6 Å². The predicted molar refractivity (Wildman–Crippen MR) is 124 cm³/mol. The quantitative estimate of drug-likeness (QED) is 0.774. The fourth-order valence-electron chi connectivity index (χ4n) is 4.29. The molecule has 31 heavy (non-hydrogen) atoms. The van der Waals surface area contributed by atoms with Gasteiger partial charge < -0.3 is 15.1 Å². The zero-order valence-corrected chi connectivity index (χ0v) is 18.4. The molecule has 2 fully saturated rings. The zero-order chi connectivity index (χ0) is 21.6. The normalized spacial score (nSPS) is 18.1. The number of carbonyl (C=O) groups excluding carboxylic acids is 2. The van der Waals surface area contributed by atoms with Crippen LogP contribution in [0.25, 0.3) is 0 Å². The Bertz CT molecular complexity index is 891. The molecule has 164 valence electrons. The van der Waals surface area contributed by atoms with Crippen LogP contribution in [0.15, 0.2) is 54.6 Å². The highest BCUT2D eigenvalue weighted by Crippen LogP contribution is 2.22. The SMILES string of the molecule is O=C(Nc1ccccc1)C1CCN(C(=O)CN2CCN(c3cccc(Cl)c3)CC2)CC1. The third-order valence-corrected chi connectivity index (χ3v) is 6.40. The second-order valence-electron chi connectivity index (χ2n) is 8.25. The van der Waals surface area contributed by atoms with Gasteiger partial charge in [-0.1, -0.05) is 35.9 Å². The maximum absolute atomic E-state index is 12.8. The number of nitrogens with zero attached hydrogens (tertiary/aromatic N) is 3. The lowest BCUT2D eigenvalue weighted by Gasteiger charge is -2.37. The Morgan fingerprint density at radius 1 is 0.903 bits per heavy atom. The summed E-state index contributed by atoms with van der Waals surface area (Å²) in [6.07, 6.45) is 1.43. The van der Waals surface area contributed by atoms with E-state index in [1.54, 1.807) is 0 Å². The molecule has 0 radical (unpaired) electrons. The summed E-state index contributed by atoms with van der Waals surface area (Å²) in [5, 5.41) is 3.73. The molecule has 2 aromatic carbocycles. The van der Waals surface area contributed by atoms with E-state index in [0.717, 1.165) is 42.6 Å². The molecule has 6 nitrogen and oxygen atoms in total. The highest BCUT2D eigenvalue weighted by molar-refractivity contribution is 6.30. The van der Waals surface area contributed by atoms with Crippen LogP contribution in [0.1, 0.15) is 12.8 Å². The second kappa shape index (κ2) is 10.2. The number of likely N-dealkylation sites (tertiary alicyclic amines) is 1. The minimum Gasteiger partial charge on any atom is -0.369 e. The van der Waals surface area contributed by atoms with Gasteiger partial charge in [-0.05, 0) is 43.2 Å². The van der Waals surface area contributed by atoms with E-state index in [2.05, 4.69) is 21.2 Å². The third kappa shape index (κ3) is 5.77. The number of anilines is 2. The topological polar surface area (TPSA) is 55.9 Å². The molecule has 2 heterocycles. The maximum atomic E-state index is 12.8. The van der Waals surface area contributed by atoms with Crippen molar-refractivity contribution < 1.29 is 9.59 Å². The molecular weight excluding hydrogens is 412 g/mol. The predicted octanol–water partition coefficient (Wildman–Crippen LogP) is 3.34. The number of halogens is 1. The van der Waals surface area contributed by atoms with E-state index >= 15 is 0 Å². The zero-order valence-electron chi connectivity index (χ0n) is 17.7. The number of carbonyl (C=O) groups is 2. The van der Waals surface area contributed by atoms with Crippen LogP contribution in [0.2, 0.25) is 5.02 Å². The number of para-hydroxylation sites is 1. The molecule has 0 aliphatic carbocycles. The number of hydrogen-bond acceptors (Lipinski definition) is 4. The molecule has 2 amide bonds. The van der Waals surface area contributed by atoms with Gasteiger partial charge in [0, 0.05) is 61.6 Å². The van der Waals surface area contributed by atoms with Gasteiger partial charge in [-0.2, -0.15) is 0 Å². The molecule has 2 aromatic rings. The van der Waals surface area contributed by atoms with Gasteiger partial charge in [0.1, 0.15) is 0 Å². The van der Waals surface area contributed by atoms with E-state index < -0.39 is 0 Å².